The maximum atomic E-state index is 5.68. The van der Waals surface area contributed by atoms with E-state index in [0.717, 1.165) is 11.1 Å². The number of rotatable bonds is 1. The van der Waals surface area contributed by atoms with E-state index in [-0.39, 0.29) is 0 Å². The zero-order chi connectivity index (χ0) is 10.8. The average Bonchev–Trinajstić information content (AvgIpc) is 2.27. The van der Waals surface area contributed by atoms with Gasteiger partial charge in [0.1, 0.15) is 11.5 Å². The minimum absolute atomic E-state index is 0.431. The lowest BCUT2D eigenvalue weighted by molar-refractivity contribution is 1.19. The van der Waals surface area contributed by atoms with Crippen molar-refractivity contribution in [2.75, 3.05) is 7.05 Å². The molecule has 15 heavy (non-hydrogen) atoms. The molecule has 2 aromatic rings. The van der Waals surface area contributed by atoms with Gasteiger partial charge in [-0.05, 0) is 31.2 Å². The van der Waals surface area contributed by atoms with Crippen LogP contribution in [0.1, 0.15) is 11.4 Å². The molecule has 2 aromatic heterocycles. The predicted octanol–water partition coefficient (Wildman–Crippen LogP) is 1.27. The fourth-order valence-corrected chi connectivity index (χ4v) is 1.35. The smallest absolute Gasteiger partial charge is 0.160 e. The number of nitrogens with two attached hydrogens (primary N) is 1. The zero-order valence-corrected chi connectivity index (χ0v) is 8.73. The lowest BCUT2D eigenvalue weighted by atomic mass is 10.2. The summed E-state index contributed by atoms with van der Waals surface area (Å²) in [5.41, 5.74) is 8.00. The van der Waals surface area contributed by atoms with E-state index in [0.29, 0.717) is 17.2 Å². The molecule has 76 valence electrons. The average molecular weight is 200 g/mol. The fraction of sp³-hybridized carbons (Fsp3) is 0.182. The summed E-state index contributed by atoms with van der Waals surface area (Å²) in [5, 5.41) is 1.01. The van der Waals surface area contributed by atoms with Crippen molar-refractivity contribution in [3.05, 3.63) is 35.7 Å². The van der Waals surface area contributed by atoms with E-state index in [1.165, 1.54) is 0 Å². The maximum Gasteiger partial charge on any atom is 0.160 e. The van der Waals surface area contributed by atoms with Crippen LogP contribution in [0.2, 0.25) is 0 Å². The highest BCUT2D eigenvalue weighted by atomic mass is 14.9. The summed E-state index contributed by atoms with van der Waals surface area (Å²) in [6.45, 7) is 1.94. The molecule has 0 unspecified atom stereocenters. The Morgan fingerprint density at radius 1 is 1.20 bits per heavy atom. The second-order valence-corrected chi connectivity index (χ2v) is 3.30. The van der Waals surface area contributed by atoms with Crippen LogP contribution < -0.4 is 5.73 Å². The first-order chi connectivity index (χ1) is 7.20. The molecular formula is C11H12N4. The summed E-state index contributed by atoms with van der Waals surface area (Å²) in [6, 6.07) is 7.75. The molecule has 0 bridgehead atoms. The van der Waals surface area contributed by atoms with Crippen LogP contribution in [-0.4, -0.2) is 22.9 Å². The monoisotopic (exact) mass is 200 g/mol. The first-order valence-electron chi connectivity index (χ1n) is 4.68. The Labute approximate surface area is 87.9 Å². The molecule has 0 spiro atoms. The highest BCUT2D eigenvalue weighted by Gasteiger charge is 2.02. The van der Waals surface area contributed by atoms with Crippen LogP contribution >= 0.6 is 0 Å². The summed E-state index contributed by atoms with van der Waals surface area (Å²) in [4.78, 5) is 12.6. The van der Waals surface area contributed by atoms with E-state index in [1.54, 1.807) is 7.05 Å². The van der Waals surface area contributed by atoms with Gasteiger partial charge in [0.2, 0.25) is 0 Å². The Bertz CT molecular complexity index is 531. The van der Waals surface area contributed by atoms with E-state index in [1.807, 2.05) is 31.2 Å². The third-order valence-corrected chi connectivity index (χ3v) is 2.19. The van der Waals surface area contributed by atoms with Crippen molar-refractivity contribution in [2.45, 2.75) is 6.92 Å². The summed E-state index contributed by atoms with van der Waals surface area (Å²) >= 11 is 0. The quantitative estimate of drug-likeness (QED) is 0.557. The molecule has 0 fully saturated rings. The van der Waals surface area contributed by atoms with Gasteiger partial charge in [0.05, 0.1) is 0 Å². The molecule has 2 heterocycles. The first-order valence-corrected chi connectivity index (χ1v) is 4.68. The standard InChI is InChI=1S/C11H12N4/c1-7-3-4-8-5-6-9(10(12)13-2)15-11(8)14-7/h3-6H,1-2H3,(H2,12,13). The number of pyridine rings is 2. The Balaban J connectivity index is 2.64. The van der Waals surface area contributed by atoms with Gasteiger partial charge in [0.15, 0.2) is 5.65 Å². The number of amidine groups is 1. The molecule has 0 aromatic carbocycles. The lowest BCUT2D eigenvalue weighted by Gasteiger charge is -2.01. The molecular weight excluding hydrogens is 188 g/mol. The van der Waals surface area contributed by atoms with Gasteiger partial charge in [-0.3, -0.25) is 4.99 Å². The van der Waals surface area contributed by atoms with Gasteiger partial charge in [0.25, 0.3) is 0 Å². The van der Waals surface area contributed by atoms with Crippen LogP contribution in [0.4, 0.5) is 0 Å². The molecule has 2 rings (SSSR count). The van der Waals surface area contributed by atoms with E-state index in [4.69, 9.17) is 5.73 Å². The molecule has 0 atom stereocenters. The lowest BCUT2D eigenvalue weighted by Crippen LogP contribution is -2.14. The molecule has 0 aliphatic carbocycles. The van der Waals surface area contributed by atoms with Crippen LogP contribution in [0.15, 0.2) is 29.3 Å². The van der Waals surface area contributed by atoms with Crippen molar-refractivity contribution in [1.29, 1.82) is 0 Å². The predicted molar refractivity (Wildman–Crippen MR) is 60.9 cm³/mol. The molecule has 2 N–H and O–H groups in total. The molecule has 4 nitrogen and oxygen atoms in total. The van der Waals surface area contributed by atoms with Gasteiger partial charge in [-0.2, -0.15) is 0 Å². The van der Waals surface area contributed by atoms with Crippen molar-refractivity contribution in [3.8, 4) is 0 Å². The molecule has 0 saturated heterocycles. The van der Waals surface area contributed by atoms with E-state index >= 15 is 0 Å². The van der Waals surface area contributed by atoms with Gasteiger partial charge < -0.3 is 5.73 Å². The summed E-state index contributed by atoms with van der Waals surface area (Å²) in [7, 11) is 1.64. The van der Waals surface area contributed by atoms with Gasteiger partial charge in [0, 0.05) is 18.1 Å². The van der Waals surface area contributed by atoms with Crippen LogP contribution in [0.5, 0.6) is 0 Å². The normalized spacial score (nSPS) is 12.0. The summed E-state index contributed by atoms with van der Waals surface area (Å²) in [5.74, 6) is 0.431. The van der Waals surface area contributed by atoms with E-state index in [9.17, 15) is 0 Å². The zero-order valence-electron chi connectivity index (χ0n) is 8.73. The largest absolute Gasteiger partial charge is 0.382 e. The number of hydrogen-bond acceptors (Lipinski definition) is 3. The minimum Gasteiger partial charge on any atom is -0.382 e. The van der Waals surface area contributed by atoms with Crippen LogP contribution in [0.25, 0.3) is 11.0 Å². The highest BCUT2D eigenvalue weighted by molar-refractivity contribution is 5.97. The minimum atomic E-state index is 0.431. The molecule has 0 amide bonds. The van der Waals surface area contributed by atoms with E-state index in [2.05, 4.69) is 15.0 Å². The molecule has 4 heteroatoms. The highest BCUT2D eigenvalue weighted by Crippen LogP contribution is 2.10. The second kappa shape index (κ2) is 3.65. The maximum absolute atomic E-state index is 5.68. The van der Waals surface area contributed by atoms with Gasteiger partial charge in [-0.1, -0.05) is 0 Å². The van der Waals surface area contributed by atoms with Crippen LogP contribution in [0, 0.1) is 6.92 Å². The van der Waals surface area contributed by atoms with Crippen molar-refractivity contribution in [3.63, 3.8) is 0 Å². The van der Waals surface area contributed by atoms with Crippen molar-refractivity contribution < 1.29 is 0 Å². The Morgan fingerprint density at radius 2 is 1.93 bits per heavy atom. The SMILES string of the molecule is CN=C(N)c1ccc2ccc(C)nc2n1. The third kappa shape index (κ3) is 1.79. The summed E-state index contributed by atoms with van der Waals surface area (Å²) < 4.78 is 0. The first kappa shape index (κ1) is 9.58. The molecule has 0 aliphatic rings. The topological polar surface area (TPSA) is 64.2 Å². The van der Waals surface area contributed by atoms with Gasteiger partial charge in [-0.25, -0.2) is 9.97 Å². The number of aromatic nitrogens is 2. The Kier molecular flexibility index (Phi) is 2.33. The Hall–Kier alpha value is -1.97. The fourth-order valence-electron chi connectivity index (χ4n) is 1.35. The number of fused-ring (bicyclic) bond motifs is 1. The Morgan fingerprint density at radius 3 is 2.67 bits per heavy atom. The number of aliphatic imine (C=N–C) groups is 1. The van der Waals surface area contributed by atoms with Gasteiger partial charge in [-0.15, -0.1) is 0 Å². The second-order valence-electron chi connectivity index (χ2n) is 3.30. The van der Waals surface area contributed by atoms with Crippen molar-refractivity contribution in [1.82, 2.24) is 9.97 Å². The molecule has 0 aliphatic heterocycles. The summed E-state index contributed by atoms with van der Waals surface area (Å²) in [6.07, 6.45) is 0. The van der Waals surface area contributed by atoms with Crippen molar-refractivity contribution >= 4 is 16.9 Å². The van der Waals surface area contributed by atoms with Crippen LogP contribution in [0.3, 0.4) is 0 Å². The van der Waals surface area contributed by atoms with E-state index < -0.39 is 0 Å². The van der Waals surface area contributed by atoms with Crippen LogP contribution in [-0.2, 0) is 0 Å². The van der Waals surface area contributed by atoms with Gasteiger partial charge >= 0.3 is 0 Å². The number of aryl methyl sites for hydroxylation is 1. The number of hydrogen-bond donors (Lipinski definition) is 1. The molecule has 0 radical (unpaired) electrons. The molecule has 0 saturated carbocycles. The van der Waals surface area contributed by atoms with Crippen molar-refractivity contribution in [2.24, 2.45) is 10.7 Å². The third-order valence-electron chi connectivity index (χ3n) is 2.19. The number of nitrogens with zero attached hydrogens (tertiary/aromatic N) is 3.